The molecule has 1 unspecified atom stereocenters. The quantitative estimate of drug-likeness (QED) is 0.815. The number of hydrogen-bond acceptors (Lipinski definition) is 4. The van der Waals surface area contributed by atoms with Crippen molar-refractivity contribution in [2.45, 2.75) is 26.2 Å². The maximum Gasteiger partial charge on any atom is 0.337 e. The zero-order chi connectivity index (χ0) is 16.8. The fourth-order valence-electron chi connectivity index (χ4n) is 2.60. The number of hydrogen-bond donors (Lipinski definition) is 1. The molecule has 6 heteroatoms. The second-order valence-electron chi connectivity index (χ2n) is 5.66. The molecule has 1 aromatic rings. The topological polar surface area (TPSA) is 75.7 Å². The van der Waals surface area contributed by atoms with Gasteiger partial charge in [0.1, 0.15) is 0 Å². The number of amides is 2. The lowest BCUT2D eigenvalue weighted by molar-refractivity contribution is -0.128. The first kappa shape index (κ1) is 17.0. The fraction of sp³-hybridized carbons (Fsp3) is 0.471. The Bertz CT molecular complexity index is 600. The van der Waals surface area contributed by atoms with E-state index in [4.69, 9.17) is 0 Å². The second kappa shape index (κ2) is 7.76. The zero-order valence-electron chi connectivity index (χ0n) is 13.5. The van der Waals surface area contributed by atoms with Gasteiger partial charge in [-0.25, -0.2) is 4.79 Å². The van der Waals surface area contributed by atoms with E-state index in [1.807, 2.05) is 0 Å². The molecule has 2 amide bonds. The molecule has 124 valence electrons. The van der Waals surface area contributed by atoms with Crippen LogP contribution in [0.2, 0.25) is 0 Å². The highest BCUT2D eigenvalue weighted by molar-refractivity contribution is 5.98. The third-order valence-electron chi connectivity index (χ3n) is 3.92. The number of unbranched alkanes of at least 4 members (excludes halogenated alkanes) is 1. The summed E-state index contributed by atoms with van der Waals surface area (Å²) in [6, 6.07) is 6.56. The summed E-state index contributed by atoms with van der Waals surface area (Å²) in [5.74, 6) is -0.967. The molecule has 6 nitrogen and oxygen atoms in total. The van der Waals surface area contributed by atoms with Crippen LogP contribution in [0.1, 0.15) is 36.5 Å². The number of esters is 1. The minimum atomic E-state index is -0.456. The van der Waals surface area contributed by atoms with E-state index in [9.17, 15) is 14.4 Å². The van der Waals surface area contributed by atoms with Crippen LogP contribution in [0, 0.1) is 5.92 Å². The Morgan fingerprint density at radius 3 is 2.87 bits per heavy atom. The van der Waals surface area contributed by atoms with Crippen molar-refractivity contribution in [1.29, 1.82) is 0 Å². The number of rotatable bonds is 6. The van der Waals surface area contributed by atoms with E-state index in [0.29, 0.717) is 24.3 Å². The smallest absolute Gasteiger partial charge is 0.337 e. The minimum absolute atomic E-state index is 0.0295. The molecular formula is C17H22N2O4. The van der Waals surface area contributed by atoms with Crippen molar-refractivity contribution < 1.29 is 19.1 Å². The Morgan fingerprint density at radius 1 is 1.39 bits per heavy atom. The molecule has 2 rings (SSSR count). The van der Waals surface area contributed by atoms with Crippen LogP contribution in [0.4, 0.5) is 5.69 Å². The van der Waals surface area contributed by atoms with Crippen LogP contribution in [0.3, 0.4) is 0 Å². The van der Waals surface area contributed by atoms with Crippen molar-refractivity contribution in [3.63, 3.8) is 0 Å². The Balaban J connectivity index is 1.97. The lowest BCUT2D eigenvalue weighted by Crippen LogP contribution is -2.29. The molecule has 0 spiro atoms. The lowest BCUT2D eigenvalue weighted by atomic mass is 10.1. The highest BCUT2D eigenvalue weighted by Crippen LogP contribution is 2.21. The van der Waals surface area contributed by atoms with Gasteiger partial charge in [0, 0.05) is 25.2 Å². The standard InChI is InChI=1S/C17H22N2O4/c1-3-4-8-19-11-13(10-15(19)20)16(21)18-14-7-5-6-12(9-14)17(22)23-2/h5-7,9,13H,3-4,8,10-11H2,1-2H3,(H,18,21). The molecule has 1 fully saturated rings. The fourth-order valence-corrected chi connectivity index (χ4v) is 2.60. The molecule has 1 aliphatic rings. The number of nitrogens with one attached hydrogen (secondary N) is 1. The molecule has 1 aliphatic heterocycles. The summed E-state index contributed by atoms with van der Waals surface area (Å²) in [5, 5.41) is 2.77. The molecule has 23 heavy (non-hydrogen) atoms. The first-order valence-corrected chi connectivity index (χ1v) is 7.82. The zero-order valence-corrected chi connectivity index (χ0v) is 13.5. The third kappa shape index (κ3) is 4.31. The van der Waals surface area contributed by atoms with E-state index >= 15 is 0 Å². The molecule has 1 saturated heterocycles. The summed E-state index contributed by atoms with van der Waals surface area (Å²) in [4.78, 5) is 37.5. The van der Waals surface area contributed by atoms with Crippen molar-refractivity contribution in [3.05, 3.63) is 29.8 Å². The predicted molar refractivity (Wildman–Crippen MR) is 86.0 cm³/mol. The van der Waals surface area contributed by atoms with E-state index in [0.717, 1.165) is 12.8 Å². The monoisotopic (exact) mass is 318 g/mol. The molecule has 0 aliphatic carbocycles. The van der Waals surface area contributed by atoms with Crippen LogP contribution in [0.25, 0.3) is 0 Å². The van der Waals surface area contributed by atoms with Gasteiger partial charge in [0.25, 0.3) is 0 Å². The van der Waals surface area contributed by atoms with E-state index in [1.54, 1.807) is 29.2 Å². The first-order chi connectivity index (χ1) is 11.0. The third-order valence-corrected chi connectivity index (χ3v) is 3.92. The van der Waals surface area contributed by atoms with E-state index in [1.165, 1.54) is 7.11 Å². The molecule has 0 bridgehead atoms. The molecule has 1 aromatic carbocycles. The Labute approximate surface area is 135 Å². The number of carbonyl (C=O) groups is 3. The van der Waals surface area contributed by atoms with Crippen molar-refractivity contribution in [1.82, 2.24) is 4.90 Å². The largest absolute Gasteiger partial charge is 0.465 e. The average Bonchev–Trinajstić information content (AvgIpc) is 2.93. The molecule has 1 atom stereocenters. The summed E-state index contributed by atoms with van der Waals surface area (Å²) in [5.41, 5.74) is 0.898. The van der Waals surface area contributed by atoms with E-state index in [2.05, 4.69) is 17.0 Å². The van der Waals surface area contributed by atoms with Gasteiger partial charge >= 0.3 is 5.97 Å². The first-order valence-electron chi connectivity index (χ1n) is 7.82. The van der Waals surface area contributed by atoms with Crippen molar-refractivity contribution in [2.24, 2.45) is 5.92 Å². The number of nitrogens with zero attached hydrogens (tertiary/aromatic N) is 1. The Kier molecular flexibility index (Phi) is 5.73. The van der Waals surface area contributed by atoms with Crippen LogP contribution in [0.5, 0.6) is 0 Å². The van der Waals surface area contributed by atoms with Gasteiger partial charge < -0.3 is 15.0 Å². The number of ether oxygens (including phenoxy) is 1. The SMILES string of the molecule is CCCCN1CC(C(=O)Nc2cccc(C(=O)OC)c2)CC1=O. The van der Waals surface area contributed by atoms with E-state index < -0.39 is 5.97 Å². The lowest BCUT2D eigenvalue weighted by Gasteiger charge is -2.16. The van der Waals surface area contributed by atoms with Gasteiger partial charge in [0.05, 0.1) is 18.6 Å². The second-order valence-corrected chi connectivity index (χ2v) is 5.66. The summed E-state index contributed by atoms with van der Waals surface area (Å²) in [6.07, 6.45) is 2.20. The van der Waals surface area contributed by atoms with Crippen LogP contribution in [-0.4, -0.2) is 42.9 Å². The number of carbonyl (C=O) groups excluding carboxylic acids is 3. The molecule has 0 aromatic heterocycles. The van der Waals surface area contributed by atoms with Crippen molar-refractivity contribution in [2.75, 3.05) is 25.5 Å². The maximum atomic E-state index is 12.3. The Morgan fingerprint density at radius 2 is 2.17 bits per heavy atom. The maximum absolute atomic E-state index is 12.3. The number of anilines is 1. The predicted octanol–water partition coefficient (Wildman–Crippen LogP) is 2.06. The van der Waals surface area contributed by atoms with Crippen LogP contribution >= 0.6 is 0 Å². The average molecular weight is 318 g/mol. The van der Waals surface area contributed by atoms with Crippen LogP contribution in [-0.2, 0) is 14.3 Å². The number of methoxy groups -OCH3 is 1. The summed E-state index contributed by atoms with van der Waals surface area (Å²) in [7, 11) is 1.31. The Hall–Kier alpha value is -2.37. The van der Waals surface area contributed by atoms with Gasteiger partial charge in [-0.3, -0.25) is 9.59 Å². The van der Waals surface area contributed by atoms with Gasteiger partial charge in [-0.05, 0) is 24.6 Å². The molecule has 0 radical (unpaired) electrons. The molecule has 1 N–H and O–H groups in total. The van der Waals surface area contributed by atoms with Crippen molar-refractivity contribution in [3.8, 4) is 0 Å². The normalized spacial score (nSPS) is 17.2. The van der Waals surface area contributed by atoms with Gasteiger partial charge in [-0.2, -0.15) is 0 Å². The minimum Gasteiger partial charge on any atom is -0.465 e. The van der Waals surface area contributed by atoms with Crippen LogP contribution in [0.15, 0.2) is 24.3 Å². The number of likely N-dealkylation sites (tertiary alicyclic amines) is 1. The van der Waals surface area contributed by atoms with Crippen LogP contribution < -0.4 is 5.32 Å². The van der Waals surface area contributed by atoms with Gasteiger partial charge in [-0.15, -0.1) is 0 Å². The van der Waals surface area contributed by atoms with Gasteiger partial charge in [0.2, 0.25) is 11.8 Å². The van der Waals surface area contributed by atoms with E-state index in [-0.39, 0.29) is 24.2 Å². The van der Waals surface area contributed by atoms with Crippen molar-refractivity contribution >= 4 is 23.5 Å². The summed E-state index contributed by atoms with van der Waals surface area (Å²) < 4.78 is 4.66. The van der Waals surface area contributed by atoms with Gasteiger partial charge in [0.15, 0.2) is 0 Å². The highest BCUT2D eigenvalue weighted by atomic mass is 16.5. The summed E-state index contributed by atoms with van der Waals surface area (Å²) >= 11 is 0. The molecular weight excluding hydrogens is 296 g/mol. The number of benzene rings is 1. The highest BCUT2D eigenvalue weighted by Gasteiger charge is 2.33. The van der Waals surface area contributed by atoms with Gasteiger partial charge in [-0.1, -0.05) is 19.4 Å². The molecule has 0 saturated carbocycles. The molecule has 1 heterocycles. The summed E-state index contributed by atoms with van der Waals surface area (Å²) in [6.45, 7) is 3.23.